The standard InChI is InChI=1S/C26H29F3N2O3.H2S/c27-26(28,29)20-7-5-18(6-8-20)15-24(33)16-19-3-1-14-31(25(19)34)22-11-9-21(10-12-22)30-13-2-4-23(32)17-30;/h5-12,19,23,32H,1-4,13-17H2;1H2/t19-,23?;/m1./s1. The molecule has 0 spiro atoms. The van der Waals surface area contributed by atoms with E-state index in [-0.39, 0.29) is 44.1 Å². The summed E-state index contributed by atoms with van der Waals surface area (Å²) in [7, 11) is 0. The molecule has 0 radical (unpaired) electrons. The molecule has 2 atom stereocenters. The summed E-state index contributed by atoms with van der Waals surface area (Å²) in [6, 6.07) is 12.3. The average Bonchev–Trinajstić information content (AvgIpc) is 2.80. The molecule has 2 aromatic rings. The molecule has 5 nitrogen and oxygen atoms in total. The maximum Gasteiger partial charge on any atom is 0.416 e. The maximum atomic E-state index is 13.1. The molecule has 0 aliphatic carbocycles. The second kappa shape index (κ2) is 11.5. The minimum atomic E-state index is -4.41. The first-order chi connectivity index (χ1) is 16.2. The third kappa shape index (κ3) is 6.79. The Morgan fingerprint density at radius 3 is 2.20 bits per heavy atom. The molecule has 2 heterocycles. The second-order valence-corrected chi connectivity index (χ2v) is 9.20. The van der Waals surface area contributed by atoms with Gasteiger partial charge in [-0.2, -0.15) is 26.7 Å². The van der Waals surface area contributed by atoms with Crippen molar-refractivity contribution in [3.05, 3.63) is 59.7 Å². The van der Waals surface area contributed by atoms with E-state index in [1.165, 1.54) is 12.1 Å². The summed E-state index contributed by atoms with van der Waals surface area (Å²) in [6.45, 7) is 2.08. The lowest BCUT2D eigenvalue weighted by atomic mass is 9.90. The van der Waals surface area contributed by atoms with Crippen LogP contribution >= 0.6 is 13.5 Å². The Bertz CT molecular complexity index is 1010. The Labute approximate surface area is 210 Å². The number of rotatable bonds is 6. The molecule has 1 amide bonds. The topological polar surface area (TPSA) is 60.9 Å². The quantitative estimate of drug-likeness (QED) is 0.613. The predicted octanol–water partition coefficient (Wildman–Crippen LogP) is 4.72. The molecule has 9 heteroatoms. The molecule has 4 rings (SSSR count). The first-order valence-corrected chi connectivity index (χ1v) is 11.7. The Balaban J connectivity index is 0.00000342. The van der Waals surface area contributed by atoms with Crippen molar-refractivity contribution in [1.29, 1.82) is 0 Å². The summed E-state index contributed by atoms with van der Waals surface area (Å²) >= 11 is 0. The molecule has 2 aromatic carbocycles. The van der Waals surface area contributed by atoms with E-state index in [0.29, 0.717) is 25.1 Å². The number of amides is 1. The number of aliphatic hydroxyl groups is 1. The summed E-state index contributed by atoms with van der Waals surface area (Å²) in [4.78, 5) is 29.5. The van der Waals surface area contributed by atoms with E-state index in [0.717, 1.165) is 49.3 Å². The maximum absolute atomic E-state index is 13.1. The number of Topliss-reactive ketones (excluding diaryl/α,β-unsaturated/α-hetero) is 1. The molecular formula is C26H31F3N2O3S. The highest BCUT2D eigenvalue weighted by atomic mass is 32.1. The summed E-state index contributed by atoms with van der Waals surface area (Å²) in [6.07, 6.45) is -1.47. The van der Waals surface area contributed by atoms with Crippen LogP contribution in [-0.2, 0) is 22.2 Å². The molecule has 35 heavy (non-hydrogen) atoms. The van der Waals surface area contributed by atoms with Crippen LogP contribution in [0.4, 0.5) is 24.5 Å². The summed E-state index contributed by atoms with van der Waals surface area (Å²) in [5.41, 5.74) is 1.56. The van der Waals surface area contributed by atoms with Crippen LogP contribution in [0.5, 0.6) is 0 Å². The molecule has 190 valence electrons. The van der Waals surface area contributed by atoms with Crippen molar-refractivity contribution in [2.75, 3.05) is 29.4 Å². The first kappa shape index (κ1) is 27.1. The average molecular weight is 509 g/mol. The van der Waals surface area contributed by atoms with Crippen LogP contribution in [0.1, 0.15) is 43.2 Å². The van der Waals surface area contributed by atoms with Gasteiger partial charge in [0, 0.05) is 49.8 Å². The number of aliphatic hydroxyl groups excluding tert-OH is 1. The van der Waals surface area contributed by atoms with Crippen molar-refractivity contribution in [2.24, 2.45) is 5.92 Å². The molecular weight excluding hydrogens is 477 g/mol. The largest absolute Gasteiger partial charge is 0.416 e. The van der Waals surface area contributed by atoms with E-state index in [2.05, 4.69) is 4.90 Å². The van der Waals surface area contributed by atoms with E-state index in [1.54, 1.807) is 4.90 Å². The Morgan fingerprint density at radius 2 is 1.57 bits per heavy atom. The van der Waals surface area contributed by atoms with Crippen molar-refractivity contribution in [1.82, 2.24) is 0 Å². The Morgan fingerprint density at radius 1 is 0.943 bits per heavy atom. The highest BCUT2D eigenvalue weighted by molar-refractivity contribution is 7.59. The SMILES string of the molecule is O=C(Cc1ccc(C(F)(F)F)cc1)C[C@H]1CCCN(c2ccc(N3CCCC(O)C3)cc2)C1=O.S. The van der Waals surface area contributed by atoms with Crippen LogP contribution in [0.15, 0.2) is 48.5 Å². The van der Waals surface area contributed by atoms with E-state index in [4.69, 9.17) is 0 Å². The lowest BCUT2D eigenvalue weighted by molar-refractivity contribution is -0.137. The summed E-state index contributed by atoms with van der Waals surface area (Å²) < 4.78 is 38.2. The number of halogens is 3. The third-order valence-electron chi connectivity index (χ3n) is 6.63. The van der Waals surface area contributed by atoms with Gasteiger partial charge in [-0.3, -0.25) is 9.59 Å². The van der Waals surface area contributed by atoms with Crippen molar-refractivity contribution < 1.29 is 27.9 Å². The zero-order valence-corrected chi connectivity index (χ0v) is 20.4. The fourth-order valence-corrected chi connectivity index (χ4v) is 4.81. The van der Waals surface area contributed by atoms with E-state index < -0.39 is 17.7 Å². The summed E-state index contributed by atoms with van der Waals surface area (Å²) in [5, 5.41) is 9.91. The van der Waals surface area contributed by atoms with E-state index in [1.807, 2.05) is 24.3 Å². The van der Waals surface area contributed by atoms with Crippen molar-refractivity contribution in [3.63, 3.8) is 0 Å². The van der Waals surface area contributed by atoms with Crippen LogP contribution in [0, 0.1) is 5.92 Å². The predicted molar refractivity (Wildman–Crippen MR) is 134 cm³/mol. The van der Waals surface area contributed by atoms with Gasteiger partial charge in [-0.05, 0) is 67.6 Å². The van der Waals surface area contributed by atoms with Crippen molar-refractivity contribution >= 4 is 36.6 Å². The van der Waals surface area contributed by atoms with Crippen LogP contribution in [0.25, 0.3) is 0 Å². The zero-order chi connectivity index (χ0) is 24.3. The van der Waals surface area contributed by atoms with Gasteiger partial charge in [0.05, 0.1) is 11.7 Å². The highest BCUT2D eigenvalue weighted by Gasteiger charge is 2.32. The molecule has 1 N–H and O–H groups in total. The Kier molecular flexibility index (Phi) is 8.88. The molecule has 0 bridgehead atoms. The van der Waals surface area contributed by atoms with Crippen LogP contribution in [-0.4, -0.2) is 42.5 Å². The molecule has 2 aliphatic rings. The van der Waals surface area contributed by atoms with Crippen molar-refractivity contribution in [3.8, 4) is 0 Å². The number of carbonyl (C=O) groups is 2. The number of alkyl halides is 3. The van der Waals surface area contributed by atoms with Gasteiger partial charge in [0.25, 0.3) is 0 Å². The monoisotopic (exact) mass is 508 g/mol. The van der Waals surface area contributed by atoms with E-state index >= 15 is 0 Å². The first-order valence-electron chi connectivity index (χ1n) is 11.7. The number of nitrogens with zero attached hydrogens (tertiary/aromatic N) is 2. The molecule has 0 saturated carbocycles. The number of piperidine rings is 2. The lowest BCUT2D eigenvalue weighted by Gasteiger charge is -2.34. The minimum absolute atomic E-state index is 0. The molecule has 0 aromatic heterocycles. The molecule has 2 aliphatic heterocycles. The third-order valence-corrected chi connectivity index (χ3v) is 6.63. The molecule has 2 saturated heterocycles. The normalized spacial score (nSPS) is 21.0. The number of carbonyl (C=O) groups excluding carboxylic acids is 2. The van der Waals surface area contributed by atoms with Gasteiger partial charge in [-0.25, -0.2) is 0 Å². The van der Waals surface area contributed by atoms with Crippen LogP contribution in [0.2, 0.25) is 0 Å². The number of benzene rings is 2. The number of hydrogen-bond donors (Lipinski definition) is 1. The van der Waals surface area contributed by atoms with Crippen molar-refractivity contribution in [2.45, 2.75) is 50.8 Å². The van der Waals surface area contributed by atoms with Gasteiger partial charge in [0.15, 0.2) is 0 Å². The number of β-amino-alcohol motifs (C(OH)–C–C–N with tert-alkyl or cyclic N) is 1. The fourth-order valence-electron chi connectivity index (χ4n) is 4.81. The fraction of sp³-hybridized carbons (Fsp3) is 0.462. The zero-order valence-electron chi connectivity index (χ0n) is 19.4. The smallest absolute Gasteiger partial charge is 0.391 e. The van der Waals surface area contributed by atoms with Gasteiger partial charge in [0.1, 0.15) is 5.78 Å². The van der Waals surface area contributed by atoms with E-state index in [9.17, 15) is 27.9 Å². The van der Waals surface area contributed by atoms with Gasteiger partial charge in [-0.1, -0.05) is 12.1 Å². The van der Waals surface area contributed by atoms with Crippen LogP contribution in [0.3, 0.4) is 0 Å². The molecule has 2 fully saturated rings. The lowest BCUT2D eigenvalue weighted by Crippen LogP contribution is -2.42. The Hall–Kier alpha value is -2.52. The number of ketones is 1. The summed E-state index contributed by atoms with van der Waals surface area (Å²) in [5.74, 6) is -0.667. The second-order valence-electron chi connectivity index (χ2n) is 9.20. The van der Waals surface area contributed by atoms with Gasteiger partial charge >= 0.3 is 6.18 Å². The van der Waals surface area contributed by atoms with Crippen LogP contribution < -0.4 is 9.80 Å². The van der Waals surface area contributed by atoms with Gasteiger partial charge in [-0.15, -0.1) is 0 Å². The van der Waals surface area contributed by atoms with Gasteiger partial charge < -0.3 is 14.9 Å². The minimum Gasteiger partial charge on any atom is -0.391 e. The molecule has 1 unspecified atom stereocenters. The highest BCUT2D eigenvalue weighted by Crippen LogP contribution is 2.31. The number of anilines is 2. The van der Waals surface area contributed by atoms with Gasteiger partial charge in [0.2, 0.25) is 5.91 Å². The number of hydrogen-bond acceptors (Lipinski definition) is 4.